The summed E-state index contributed by atoms with van der Waals surface area (Å²) in [5.74, 6) is 1.08. The van der Waals surface area contributed by atoms with E-state index in [2.05, 4.69) is 47.7 Å². The quantitative estimate of drug-likeness (QED) is 0.451. The number of nitrogens with one attached hydrogen (secondary N) is 1. The summed E-state index contributed by atoms with van der Waals surface area (Å²) in [5.41, 5.74) is 6.00. The van der Waals surface area contributed by atoms with Gasteiger partial charge in [0.05, 0.1) is 10.7 Å². The van der Waals surface area contributed by atoms with E-state index in [0.29, 0.717) is 11.8 Å². The zero-order valence-corrected chi connectivity index (χ0v) is 17.1. The van der Waals surface area contributed by atoms with Gasteiger partial charge in [0.2, 0.25) is 0 Å². The first kappa shape index (κ1) is 17.0. The lowest BCUT2D eigenvalue weighted by atomic mass is 9.90. The van der Waals surface area contributed by atoms with Crippen LogP contribution in [0.2, 0.25) is 0 Å². The van der Waals surface area contributed by atoms with Crippen LogP contribution in [0.15, 0.2) is 24.5 Å². The van der Waals surface area contributed by atoms with Crippen molar-refractivity contribution in [2.45, 2.75) is 57.8 Å². The Morgan fingerprint density at radius 2 is 2.04 bits per heavy atom. The predicted octanol–water partition coefficient (Wildman–Crippen LogP) is 6.35. The Morgan fingerprint density at radius 3 is 2.81 bits per heavy atom. The van der Waals surface area contributed by atoms with E-state index in [0.717, 1.165) is 5.65 Å². The Bertz CT molecular complexity index is 1110. The number of rotatable bonds is 3. The SMILES string of the molecule is CC(C)c1c(-c2cn(C)c3ncccc23)[nH]c2sc(C3CCCCC3)nc12. The molecule has 0 radical (unpaired) electrons. The van der Waals surface area contributed by atoms with Crippen LogP contribution >= 0.6 is 11.3 Å². The topological polar surface area (TPSA) is 46.5 Å². The molecule has 4 heterocycles. The van der Waals surface area contributed by atoms with Crippen molar-refractivity contribution >= 4 is 32.7 Å². The van der Waals surface area contributed by atoms with Gasteiger partial charge < -0.3 is 9.55 Å². The van der Waals surface area contributed by atoms with Crippen molar-refractivity contribution in [2.24, 2.45) is 7.05 Å². The van der Waals surface area contributed by atoms with Crippen LogP contribution in [0.4, 0.5) is 0 Å². The van der Waals surface area contributed by atoms with Crippen molar-refractivity contribution in [2.75, 3.05) is 0 Å². The van der Waals surface area contributed by atoms with Crippen LogP contribution < -0.4 is 0 Å². The maximum absolute atomic E-state index is 5.16. The van der Waals surface area contributed by atoms with Crippen molar-refractivity contribution in [1.29, 1.82) is 0 Å². The van der Waals surface area contributed by atoms with Gasteiger partial charge in [-0.3, -0.25) is 0 Å². The normalized spacial score (nSPS) is 16.1. The molecule has 4 nitrogen and oxygen atoms in total. The highest BCUT2D eigenvalue weighted by molar-refractivity contribution is 7.18. The third-order valence-electron chi connectivity index (χ3n) is 5.94. The van der Waals surface area contributed by atoms with Gasteiger partial charge in [-0.1, -0.05) is 33.1 Å². The Kier molecular flexibility index (Phi) is 4.08. The van der Waals surface area contributed by atoms with E-state index >= 15 is 0 Å². The molecule has 0 aromatic carbocycles. The molecule has 0 bridgehead atoms. The average Bonchev–Trinajstić information content (AvgIpc) is 3.33. The molecule has 0 unspecified atom stereocenters. The summed E-state index contributed by atoms with van der Waals surface area (Å²) in [6.07, 6.45) is 10.7. The van der Waals surface area contributed by atoms with E-state index in [4.69, 9.17) is 4.98 Å². The fourth-order valence-electron chi connectivity index (χ4n) is 4.61. The molecule has 0 amide bonds. The van der Waals surface area contributed by atoms with Gasteiger partial charge in [-0.05, 0) is 30.9 Å². The predicted molar refractivity (Wildman–Crippen MR) is 114 cm³/mol. The highest BCUT2D eigenvalue weighted by atomic mass is 32.1. The van der Waals surface area contributed by atoms with E-state index in [1.165, 1.54) is 69.7 Å². The number of hydrogen-bond acceptors (Lipinski definition) is 3. The zero-order valence-electron chi connectivity index (χ0n) is 16.2. The van der Waals surface area contributed by atoms with Crippen molar-refractivity contribution < 1.29 is 0 Å². The van der Waals surface area contributed by atoms with Crippen molar-refractivity contribution in [3.8, 4) is 11.3 Å². The third-order valence-corrected chi connectivity index (χ3v) is 7.07. The minimum absolute atomic E-state index is 0.419. The van der Waals surface area contributed by atoms with Crippen LogP contribution in [0, 0.1) is 0 Å². The zero-order chi connectivity index (χ0) is 18.5. The van der Waals surface area contributed by atoms with Gasteiger partial charge >= 0.3 is 0 Å². The highest BCUT2D eigenvalue weighted by Gasteiger charge is 2.25. The smallest absolute Gasteiger partial charge is 0.140 e. The molecule has 0 spiro atoms. The maximum Gasteiger partial charge on any atom is 0.140 e. The molecule has 0 aliphatic heterocycles. The van der Waals surface area contributed by atoms with Gasteiger partial charge in [0.15, 0.2) is 0 Å². The fourth-order valence-corrected chi connectivity index (χ4v) is 5.77. The van der Waals surface area contributed by atoms with Crippen LogP contribution in [-0.2, 0) is 7.05 Å². The summed E-state index contributed by atoms with van der Waals surface area (Å²) in [6, 6.07) is 4.18. The third kappa shape index (κ3) is 2.71. The molecule has 5 rings (SSSR count). The standard InChI is InChI=1S/C22H26N4S/c1-13(2)17-18(16-12-26(3)20-15(16)10-7-11-23-20)24-22-19(17)25-21(27-22)14-8-5-4-6-9-14/h7,10-14,24H,4-6,8-9H2,1-3H3. The summed E-state index contributed by atoms with van der Waals surface area (Å²) >= 11 is 1.87. The van der Waals surface area contributed by atoms with Crippen LogP contribution in [0.25, 0.3) is 32.6 Å². The maximum atomic E-state index is 5.16. The van der Waals surface area contributed by atoms with Crippen molar-refractivity contribution in [1.82, 2.24) is 19.5 Å². The van der Waals surface area contributed by atoms with Crippen LogP contribution in [0.5, 0.6) is 0 Å². The Hall–Kier alpha value is -2.14. The van der Waals surface area contributed by atoms with E-state index in [-0.39, 0.29) is 0 Å². The molecular formula is C22H26N4S. The number of fused-ring (bicyclic) bond motifs is 2. The first-order valence-corrected chi connectivity index (χ1v) is 10.9. The molecule has 0 saturated heterocycles. The Labute approximate surface area is 163 Å². The number of pyridine rings is 1. The van der Waals surface area contributed by atoms with Gasteiger partial charge in [0, 0.05) is 41.9 Å². The lowest BCUT2D eigenvalue weighted by molar-refractivity contribution is 0.443. The second-order valence-corrected chi connectivity index (χ2v) is 9.19. The number of aromatic nitrogens is 4. The number of H-pyrrole nitrogens is 1. The van der Waals surface area contributed by atoms with Gasteiger partial charge in [0.1, 0.15) is 16.0 Å². The monoisotopic (exact) mass is 378 g/mol. The molecule has 4 aromatic rings. The molecule has 1 N–H and O–H groups in total. The van der Waals surface area contributed by atoms with Gasteiger partial charge in [-0.2, -0.15) is 0 Å². The summed E-state index contributed by atoms with van der Waals surface area (Å²) in [6.45, 7) is 4.55. The van der Waals surface area contributed by atoms with Crippen LogP contribution in [0.1, 0.15) is 68.4 Å². The van der Waals surface area contributed by atoms with Crippen LogP contribution in [-0.4, -0.2) is 19.5 Å². The second-order valence-electron chi connectivity index (χ2n) is 8.16. The van der Waals surface area contributed by atoms with E-state index < -0.39 is 0 Å². The lowest BCUT2D eigenvalue weighted by Gasteiger charge is -2.19. The van der Waals surface area contributed by atoms with Crippen molar-refractivity contribution in [3.63, 3.8) is 0 Å². The largest absolute Gasteiger partial charge is 0.345 e. The molecule has 1 aliphatic rings. The number of hydrogen-bond donors (Lipinski definition) is 1. The number of aromatic amines is 1. The number of nitrogens with zero attached hydrogens (tertiary/aromatic N) is 3. The minimum atomic E-state index is 0.419. The molecule has 4 aromatic heterocycles. The molecule has 140 valence electrons. The molecule has 1 aliphatic carbocycles. The van der Waals surface area contributed by atoms with Gasteiger partial charge in [-0.15, -0.1) is 11.3 Å². The molecule has 27 heavy (non-hydrogen) atoms. The van der Waals surface area contributed by atoms with E-state index in [9.17, 15) is 0 Å². The Morgan fingerprint density at radius 1 is 1.22 bits per heavy atom. The fraction of sp³-hybridized carbons (Fsp3) is 0.455. The first-order chi connectivity index (χ1) is 13.1. The highest BCUT2D eigenvalue weighted by Crippen LogP contribution is 2.43. The summed E-state index contributed by atoms with van der Waals surface area (Å²) in [7, 11) is 2.07. The summed E-state index contributed by atoms with van der Waals surface area (Å²) < 4.78 is 2.12. The Balaban J connectivity index is 1.68. The summed E-state index contributed by atoms with van der Waals surface area (Å²) in [4.78, 5) is 14.7. The molecule has 0 atom stereocenters. The van der Waals surface area contributed by atoms with Gasteiger partial charge in [0.25, 0.3) is 0 Å². The second kappa shape index (κ2) is 6.48. The molecule has 1 fully saturated rings. The molecular weight excluding hydrogens is 352 g/mol. The van der Waals surface area contributed by atoms with Gasteiger partial charge in [-0.25, -0.2) is 9.97 Å². The van der Waals surface area contributed by atoms with E-state index in [1.807, 2.05) is 23.6 Å². The minimum Gasteiger partial charge on any atom is -0.345 e. The first-order valence-electron chi connectivity index (χ1n) is 10.1. The number of thiazole rings is 1. The van der Waals surface area contributed by atoms with Crippen LogP contribution in [0.3, 0.4) is 0 Å². The number of aryl methyl sites for hydroxylation is 1. The van der Waals surface area contributed by atoms with Crippen molar-refractivity contribution in [3.05, 3.63) is 35.1 Å². The summed E-state index contributed by atoms with van der Waals surface area (Å²) in [5, 5.41) is 2.53. The van der Waals surface area contributed by atoms with E-state index in [1.54, 1.807) is 0 Å². The molecule has 1 saturated carbocycles. The average molecular weight is 379 g/mol. The lowest BCUT2D eigenvalue weighted by Crippen LogP contribution is -2.04. The molecule has 5 heteroatoms.